The van der Waals surface area contributed by atoms with Crippen molar-refractivity contribution in [2.75, 3.05) is 6.61 Å². The monoisotopic (exact) mass is 247 g/mol. The smallest absolute Gasteiger partial charge is 0.289 e. The first-order valence-corrected chi connectivity index (χ1v) is 3.26. The zero-order valence-corrected chi connectivity index (χ0v) is 6.88. The first-order chi connectivity index (χ1) is 3.68. The summed E-state index contributed by atoms with van der Waals surface area (Å²) in [5.41, 5.74) is 0. The highest BCUT2D eigenvalue weighted by Gasteiger charge is 2.13. The molecule has 8 heavy (non-hydrogen) atoms. The van der Waals surface area contributed by atoms with Gasteiger partial charge in [0.25, 0.3) is 4.95 Å². The Hall–Kier alpha value is 0.320. The van der Waals surface area contributed by atoms with Crippen molar-refractivity contribution < 1.29 is 8.75 Å². The van der Waals surface area contributed by atoms with Gasteiger partial charge < -0.3 is 0 Å². The third-order valence-corrected chi connectivity index (χ3v) is 1.29. The third-order valence-electron chi connectivity index (χ3n) is 0.429. The van der Waals surface area contributed by atoms with Crippen LogP contribution < -0.4 is 0 Å². The topological polar surface area (TPSA) is 52.4 Å². The number of alkyl halides is 1. The molecule has 0 bridgehead atoms. The van der Waals surface area contributed by atoms with E-state index in [-0.39, 0.29) is 6.61 Å². The average Bonchev–Trinajstić information content (AvgIpc) is 1.67. The summed E-state index contributed by atoms with van der Waals surface area (Å²) in [5.74, 6) is 0. The Morgan fingerprint density at radius 3 is 2.50 bits per heavy atom. The molecule has 1 atom stereocenters. The van der Waals surface area contributed by atoms with Crippen molar-refractivity contribution in [1.82, 2.24) is 0 Å². The molecule has 1 unspecified atom stereocenters. The fourth-order valence-electron chi connectivity index (χ4n) is 0.113. The molecule has 0 aliphatic rings. The molecule has 0 rings (SSSR count). The lowest BCUT2D eigenvalue weighted by Crippen LogP contribution is -2.15. The van der Waals surface area contributed by atoms with Crippen LogP contribution in [-0.4, -0.2) is 16.5 Å². The van der Waals surface area contributed by atoms with Crippen molar-refractivity contribution in [2.45, 2.75) is 4.95 Å². The molecule has 0 amide bonds. The van der Waals surface area contributed by atoms with Gasteiger partial charge in [0.05, 0.1) is 16.3 Å². The second-order valence-electron chi connectivity index (χ2n) is 0.996. The minimum absolute atomic E-state index is 0.0208. The SMILES string of the molecule is O=[N+]([O-])C(Br)COBr. The molecule has 0 heterocycles. The molecule has 48 valence electrons. The highest BCUT2D eigenvalue weighted by atomic mass is 79.9. The number of hydrogen-bond donors (Lipinski definition) is 0. The molecule has 0 aliphatic heterocycles. The summed E-state index contributed by atoms with van der Waals surface area (Å²) < 4.78 is 4.29. The summed E-state index contributed by atoms with van der Waals surface area (Å²) in [6.07, 6.45) is 0. The van der Waals surface area contributed by atoms with Crippen molar-refractivity contribution in [2.24, 2.45) is 0 Å². The minimum Gasteiger partial charge on any atom is -0.300 e. The largest absolute Gasteiger partial charge is 0.300 e. The van der Waals surface area contributed by atoms with Gasteiger partial charge in [-0.2, -0.15) is 0 Å². The van der Waals surface area contributed by atoms with Crippen LogP contribution in [0.2, 0.25) is 0 Å². The Bertz CT molecular complexity index is 87.4. The number of rotatable bonds is 3. The Labute approximate surface area is 62.9 Å². The first kappa shape index (κ1) is 8.32. The standard InChI is InChI=1S/C2H3Br2NO3/c3-2(1-8-4)5(6)7/h2H,1H2. The second-order valence-corrected chi connectivity index (χ2v) is 2.51. The summed E-state index contributed by atoms with van der Waals surface area (Å²) in [7, 11) is 0. The average molecular weight is 249 g/mol. The maximum Gasteiger partial charge on any atom is 0.289 e. The number of hydrogen-bond acceptors (Lipinski definition) is 3. The summed E-state index contributed by atoms with van der Waals surface area (Å²) in [6, 6.07) is 0. The summed E-state index contributed by atoms with van der Waals surface area (Å²) >= 11 is 5.33. The predicted molar refractivity (Wildman–Crippen MR) is 34.6 cm³/mol. The Morgan fingerprint density at radius 1 is 1.88 bits per heavy atom. The van der Waals surface area contributed by atoms with Gasteiger partial charge >= 0.3 is 0 Å². The Balaban J connectivity index is 3.32. The normalized spacial score (nSPS) is 13.2. The molecular formula is C2H3Br2NO3. The fraction of sp³-hybridized carbons (Fsp3) is 1.00. The van der Waals surface area contributed by atoms with Crippen LogP contribution in [0.25, 0.3) is 0 Å². The molecule has 0 radical (unpaired) electrons. The minimum atomic E-state index is -0.818. The van der Waals surface area contributed by atoms with Crippen LogP contribution in [-0.2, 0) is 3.83 Å². The summed E-state index contributed by atoms with van der Waals surface area (Å²) in [4.78, 5) is 8.44. The molecule has 6 heteroatoms. The first-order valence-electron chi connectivity index (χ1n) is 1.69. The van der Waals surface area contributed by atoms with E-state index >= 15 is 0 Å². The van der Waals surface area contributed by atoms with E-state index in [1.165, 1.54) is 0 Å². The van der Waals surface area contributed by atoms with E-state index in [1.54, 1.807) is 0 Å². The van der Waals surface area contributed by atoms with Crippen molar-refractivity contribution in [3.05, 3.63) is 10.1 Å². The highest BCUT2D eigenvalue weighted by molar-refractivity contribution is 9.09. The van der Waals surface area contributed by atoms with Crippen LogP contribution in [0.15, 0.2) is 0 Å². The van der Waals surface area contributed by atoms with Crippen LogP contribution in [0.1, 0.15) is 0 Å². The van der Waals surface area contributed by atoms with Crippen LogP contribution in [0, 0.1) is 10.1 Å². The van der Waals surface area contributed by atoms with Gasteiger partial charge in [-0.05, 0) is 15.9 Å². The lowest BCUT2D eigenvalue weighted by atomic mass is 10.7. The quantitative estimate of drug-likeness (QED) is 0.328. The lowest BCUT2D eigenvalue weighted by molar-refractivity contribution is -0.494. The van der Waals surface area contributed by atoms with Gasteiger partial charge in [-0.15, -0.1) is 0 Å². The van der Waals surface area contributed by atoms with Crippen molar-refractivity contribution >= 4 is 32.2 Å². The molecule has 0 spiro atoms. The van der Waals surface area contributed by atoms with Crippen LogP contribution >= 0.6 is 32.2 Å². The van der Waals surface area contributed by atoms with Gasteiger partial charge in [-0.25, -0.2) is 0 Å². The van der Waals surface area contributed by atoms with Gasteiger partial charge in [0.2, 0.25) is 0 Å². The van der Waals surface area contributed by atoms with E-state index in [2.05, 4.69) is 36.0 Å². The highest BCUT2D eigenvalue weighted by Crippen LogP contribution is 2.01. The zero-order chi connectivity index (χ0) is 6.57. The number of nitro groups is 1. The summed E-state index contributed by atoms with van der Waals surface area (Å²) in [5, 5.41) is 9.75. The van der Waals surface area contributed by atoms with Crippen molar-refractivity contribution in [1.29, 1.82) is 0 Å². The maximum absolute atomic E-state index is 9.75. The number of halogens is 2. The van der Waals surface area contributed by atoms with E-state index in [0.29, 0.717) is 0 Å². The van der Waals surface area contributed by atoms with Gasteiger partial charge in [0.15, 0.2) is 0 Å². The Kier molecular flexibility index (Phi) is 4.39. The van der Waals surface area contributed by atoms with E-state index < -0.39 is 9.87 Å². The molecule has 0 fully saturated rings. The van der Waals surface area contributed by atoms with Gasteiger partial charge in [-0.1, -0.05) is 0 Å². The van der Waals surface area contributed by atoms with E-state index in [1.807, 2.05) is 0 Å². The molecule has 0 saturated carbocycles. The molecule has 0 saturated heterocycles. The molecule has 0 aliphatic carbocycles. The van der Waals surface area contributed by atoms with Gasteiger partial charge in [0, 0.05) is 4.92 Å². The van der Waals surface area contributed by atoms with E-state index in [4.69, 9.17) is 0 Å². The summed E-state index contributed by atoms with van der Waals surface area (Å²) in [6.45, 7) is 0.0208. The molecule has 0 aromatic heterocycles. The van der Waals surface area contributed by atoms with Crippen molar-refractivity contribution in [3.8, 4) is 0 Å². The van der Waals surface area contributed by atoms with Gasteiger partial charge in [0.1, 0.15) is 6.61 Å². The molecule has 0 aromatic rings. The maximum atomic E-state index is 9.75. The lowest BCUT2D eigenvalue weighted by Gasteiger charge is -1.95. The number of nitrogens with zero attached hydrogens (tertiary/aromatic N) is 1. The molecule has 0 N–H and O–H groups in total. The van der Waals surface area contributed by atoms with Gasteiger partial charge in [-0.3, -0.25) is 13.9 Å². The molecular weight excluding hydrogens is 246 g/mol. The molecule has 4 nitrogen and oxygen atoms in total. The van der Waals surface area contributed by atoms with Crippen LogP contribution in [0.3, 0.4) is 0 Å². The fourth-order valence-corrected chi connectivity index (χ4v) is 0.850. The zero-order valence-electron chi connectivity index (χ0n) is 3.71. The van der Waals surface area contributed by atoms with E-state index in [0.717, 1.165) is 0 Å². The molecule has 0 aromatic carbocycles. The van der Waals surface area contributed by atoms with E-state index in [9.17, 15) is 10.1 Å². The third kappa shape index (κ3) is 3.34. The predicted octanol–water partition coefficient (Wildman–Crippen LogP) is 1.31. The van der Waals surface area contributed by atoms with Crippen LogP contribution in [0.5, 0.6) is 0 Å². The van der Waals surface area contributed by atoms with Crippen LogP contribution in [0.4, 0.5) is 0 Å². The second kappa shape index (κ2) is 4.22. The van der Waals surface area contributed by atoms with Crippen molar-refractivity contribution in [3.63, 3.8) is 0 Å². The Morgan fingerprint density at radius 2 is 2.38 bits per heavy atom.